The minimum atomic E-state index is -1.08. The molecule has 0 radical (unpaired) electrons. The number of likely N-dealkylation sites (N-methyl/N-ethyl adjacent to an activating group) is 1. The molecule has 1 atom stereocenters. The third kappa shape index (κ3) is 4.86. The molecule has 2 aromatic carbocycles. The molecule has 0 aliphatic rings. The van der Waals surface area contributed by atoms with Crippen LogP contribution in [-0.4, -0.2) is 18.9 Å². The molecule has 25 heavy (non-hydrogen) atoms. The molecule has 0 aliphatic carbocycles. The van der Waals surface area contributed by atoms with Gasteiger partial charge < -0.3 is 10.6 Å². The Balaban J connectivity index is 2.08. The van der Waals surface area contributed by atoms with E-state index in [-0.39, 0.29) is 17.9 Å². The molecule has 2 N–H and O–H groups in total. The van der Waals surface area contributed by atoms with E-state index in [0.29, 0.717) is 6.42 Å². The number of benzene rings is 2. The van der Waals surface area contributed by atoms with E-state index >= 15 is 0 Å². The number of carbonyl (C=O) groups is 2. The van der Waals surface area contributed by atoms with Crippen LogP contribution in [0.3, 0.4) is 0 Å². The van der Waals surface area contributed by atoms with Gasteiger partial charge in [0, 0.05) is 13.5 Å². The fraction of sp³-hybridized carbons (Fsp3) is 0.263. The van der Waals surface area contributed by atoms with Gasteiger partial charge >= 0.3 is 0 Å². The lowest BCUT2D eigenvalue weighted by Gasteiger charge is -2.18. The van der Waals surface area contributed by atoms with Crippen LogP contribution in [0.2, 0.25) is 0 Å². The van der Waals surface area contributed by atoms with Crippen LogP contribution in [0, 0.1) is 18.6 Å². The van der Waals surface area contributed by atoms with Gasteiger partial charge in [-0.3, -0.25) is 9.59 Å². The highest BCUT2D eigenvalue weighted by molar-refractivity contribution is 5.88. The van der Waals surface area contributed by atoms with Gasteiger partial charge in [0.2, 0.25) is 11.8 Å². The molecule has 132 valence electrons. The maximum Gasteiger partial charge on any atom is 0.246 e. The molecule has 0 bridgehead atoms. The van der Waals surface area contributed by atoms with Gasteiger partial charge in [0.15, 0.2) is 11.6 Å². The summed E-state index contributed by atoms with van der Waals surface area (Å²) in [7, 11) is 1.41. The minimum absolute atomic E-state index is 0.183. The van der Waals surface area contributed by atoms with E-state index in [2.05, 4.69) is 10.6 Å². The van der Waals surface area contributed by atoms with Crippen molar-refractivity contribution in [2.45, 2.75) is 25.8 Å². The Hall–Kier alpha value is -2.76. The van der Waals surface area contributed by atoms with Crippen LogP contribution in [0.5, 0.6) is 0 Å². The molecular formula is C19H20F2N2O2. The van der Waals surface area contributed by atoms with Crippen LogP contribution < -0.4 is 10.6 Å². The lowest BCUT2D eigenvalue weighted by atomic mass is 10.0. The second-order valence-corrected chi connectivity index (χ2v) is 5.71. The molecule has 4 nitrogen and oxygen atoms in total. The Morgan fingerprint density at radius 1 is 1.08 bits per heavy atom. The van der Waals surface area contributed by atoms with Gasteiger partial charge in [-0.15, -0.1) is 0 Å². The summed E-state index contributed by atoms with van der Waals surface area (Å²) < 4.78 is 26.5. The smallest absolute Gasteiger partial charge is 0.246 e. The van der Waals surface area contributed by atoms with Gasteiger partial charge in [0.05, 0.1) is 0 Å². The fourth-order valence-corrected chi connectivity index (χ4v) is 2.51. The summed E-state index contributed by atoms with van der Waals surface area (Å²) >= 11 is 0. The zero-order chi connectivity index (χ0) is 18.4. The van der Waals surface area contributed by atoms with E-state index in [1.807, 2.05) is 31.2 Å². The molecule has 2 amide bonds. The molecule has 0 aliphatic heterocycles. The number of hydrogen-bond donors (Lipinski definition) is 2. The van der Waals surface area contributed by atoms with E-state index in [1.165, 1.54) is 13.1 Å². The molecule has 0 spiro atoms. The summed E-state index contributed by atoms with van der Waals surface area (Å²) in [6.45, 7) is 1.96. The van der Waals surface area contributed by atoms with Crippen LogP contribution >= 0.6 is 0 Å². The van der Waals surface area contributed by atoms with Crippen molar-refractivity contribution in [3.8, 4) is 0 Å². The van der Waals surface area contributed by atoms with Crippen molar-refractivity contribution in [3.63, 3.8) is 0 Å². The number of aryl methyl sites for hydroxylation is 2. The largest absolute Gasteiger partial charge is 0.357 e. The van der Waals surface area contributed by atoms with E-state index in [0.717, 1.165) is 23.3 Å². The quantitative estimate of drug-likeness (QED) is 0.845. The molecular weight excluding hydrogens is 326 g/mol. The Labute approximate surface area is 145 Å². The molecule has 0 heterocycles. The van der Waals surface area contributed by atoms with Gasteiger partial charge in [0.25, 0.3) is 0 Å². The van der Waals surface area contributed by atoms with Crippen LogP contribution in [0.4, 0.5) is 8.78 Å². The van der Waals surface area contributed by atoms with E-state index in [1.54, 1.807) is 0 Å². The molecule has 0 saturated carbocycles. The Morgan fingerprint density at radius 2 is 1.80 bits per heavy atom. The van der Waals surface area contributed by atoms with Crippen molar-refractivity contribution in [1.82, 2.24) is 10.6 Å². The maximum atomic E-state index is 13.4. The highest BCUT2D eigenvalue weighted by atomic mass is 19.2. The Bertz CT molecular complexity index is 778. The van der Waals surface area contributed by atoms with Crippen molar-refractivity contribution in [3.05, 3.63) is 70.8 Å². The predicted molar refractivity (Wildman–Crippen MR) is 90.8 cm³/mol. The van der Waals surface area contributed by atoms with Crippen LogP contribution in [0.15, 0.2) is 42.5 Å². The lowest BCUT2D eigenvalue weighted by molar-refractivity contribution is -0.128. The summed E-state index contributed by atoms with van der Waals surface area (Å²) in [6, 6.07) is 9.76. The number of nitrogens with one attached hydrogen (secondary N) is 2. The third-order valence-corrected chi connectivity index (χ3v) is 3.97. The number of amides is 2. The maximum absolute atomic E-state index is 13.4. The van der Waals surface area contributed by atoms with Crippen molar-refractivity contribution >= 4 is 11.8 Å². The van der Waals surface area contributed by atoms with E-state index in [4.69, 9.17) is 0 Å². The molecule has 1 unspecified atom stereocenters. The first-order chi connectivity index (χ1) is 11.9. The lowest BCUT2D eigenvalue weighted by Crippen LogP contribution is -2.39. The average Bonchev–Trinajstić information content (AvgIpc) is 2.61. The monoisotopic (exact) mass is 346 g/mol. The van der Waals surface area contributed by atoms with Crippen molar-refractivity contribution in [1.29, 1.82) is 0 Å². The van der Waals surface area contributed by atoms with Gasteiger partial charge in [-0.2, -0.15) is 0 Å². The molecule has 0 saturated heterocycles. The molecule has 2 rings (SSSR count). The average molecular weight is 346 g/mol. The number of hydrogen-bond acceptors (Lipinski definition) is 2. The molecule has 0 fully saturated rings. The highest BCUT2D eigenvalue weighted by Gasteiger charge is 2.23. The first kappa shape index (κ1) is 18.6. The van der Waals surface area contributed by atoms with Crippen molar-refractivity contribution in [2.75, 3.05) is 7.05 Å². The van der Waals surface area contributed by atoms with Crippen LogP contribution in [-0.2, 0) is 16.0 Å². The van der Waals surface area contributed by atoms with E-state index < -0.39 is 23.6 Å². The normalized spacial score (nSPS) is 11.7. The topological polar surface area (TPSA) is 58.2 Å². The summed E-state index contributed by atoms with van der Waals surface area (Å²) in [5, 5.41) is 5.00. The summed E-state index contributed by atoms with van der Waals surface area (Å²) in [4.78, 5) is 24.3. The standard InChI is InChI=1S/C19H20F2N2O2/c1-12-5-3-4-6-13(12)8-10-17(24)23-18(19(25)22-2)14-7-9-15(20)16(21)11-14/h3-7,9,11,18H,8,10H2,1-2H3,(H,22,25)(H,23,24). The van der Waals surface area contributed by atoms with Crippen molar-refractivity contribution in [2.24, 2.45) is 0 Å². The van der Waals surface area contributed by atoms with Gasteiger partial charge in [0.1, 0.15) is 6.04 Å². The number of carbonyl (C=O) groups excluding carboxylic acids is 2. The Kier molecular flexibility index (Phi) is 6.22. The van der Waals surface area contributed by atoms with E-state index in [9.17, 15) is 18.4 Å². The number of halogens is 2. The summed E-state index contributed by atoms with van der Waals surface area (Å²) in [5.41, 5.74) is 2.31. The first-order valence-corrected chi connectivity index (χ1v) is 7.92. The highest BCUT2D eigenvalue weighted by Crippen LogP contribution is 2.17. The third-order valence-electron chi connectivity index (χ3n) is 3.97. The first-order valence-electron chi connectivity index (χ1n) is 7.92. The number of rotatable bonds is 6. The Morgan fingerprint density at radius 3 is 2.44 bits per heavy atom. The van der Waals surface area contributed by atoms with Gasteiger partial charge in [-0.1, -0.05) is 30.3 Å². The molecule has 2 aromatic rings. The van der Waals surface area contributed by atoms with Crippen molar-refractivity contribution < 1.29 is 18.4 Å². The zero-order valence-corrected chi connectivity index (χ0v) is 14.1. The molecule has 6 heteroatoms. The van der Waals surface area contributed by atoms with Gasteiger partial charge in [-0.25, -0.2) is 8.78 Å². The summed E-state index contributed by atoms with van der Waals surface area (Å²) in [5.74, 6) is -2.93. The fourth-order valence-electron chi connectivity index (χ4n) is 2.51. The minimum Gasteiger partial charge on any atom is -0.357 e. The van der Waals surface area contributed by atoms with Crippen LogP contribution in [0.1, 0.15) is 29.2 Å². The molecule has 0 aromatic heterocycles. The second-order valence-electron chi connectivity index (χ2n) is 5.71. The van der Waals surface area contributed by atoms with Gasteiger partial charge in [-0.05, 0) is 42.2 Å². The SMILES string of the molecule is CNC(=O)C(NC(=O)CCc1ccccc1C)c1ccc(F)c(F)c1. The van der Waals surface area contributed by atoms with Crippen LogP contribution in [0.25, 0.3) is 0 Å². The summed E-state index contributed by atoms with van der Waals surface area (Å²) in [6.07, 6.45) is 0.707. The second kappa shape index (κ2) is 8.37. The predicted octanol–water partition coefficient (Wildman–Crippen LogP) is 2.81. The zero-order valence-electron chi connectivity index (χ0n) is 14.1.